The molecule has 40 heavy (non-hydrogen) atoms. The first-order valence-electron chi connectivity index (χ1n) is 13.4. The number of rotatable bonds is 12. The molecular weight excluding hydrogens is 514 g/mol. The Kier molecular flexibility index (Phi) is 9.10. The van der Waals surface area contributed by atoms with Crippen LogP contribution in [0.5, 0.6) is 11.5 Å². The summed E-state index contributed by atoms with van der Waals surface area (Å²) in [5, 5.41) is 0. The number of methoxy groups -OCH3 is 1. The lowest BCUT2D eigenvalue weighted by atomic mass is 10.1. The molecule has 0 N–H and O–H groups in total. The van der Waals surface area contributed by atoms with Crippen molar-refractivity contribution in [2.45, 2.75) is 25.6 Å². The number of cyclic esters (lactones) is 1. The molecule has 2 aliphatic rings. The highest BCUT2D eigenvalue weighted by Gasteiger charge is 2.40. The number of carbonyl (C=O) groups is 2. The third kappa shape index (κ3) is 7.08. The van der Waals surface area contributed by atoms with Crippen molar-refractivity contribution < 1.29 is 33.0 Å². The van der Waals surface area contributed by atoms with Crippen LogP contribution in [0.3, 0.4) is 0 Å². The molecule has 210 valence electrons. The molecule has 2 amide bonds. The normalized spacial score (nSPS) is 17.9. The highest BCUT2D eigenvalue weighted by atomic mass is 16.6. The molecule has 0 radical (unpaired) electrons. The summed E-state index contributed by atoms with van der Waals surface area (Å²) >= 11 is 0. The number of morpholine rings is 1. The number of ether oxygens (including phenoxy) is 4. The van der Waals surface area contributed by atoms with Gasteiger partial charge in [0.1, 0.15) is 18.6 Å². The van der Waals surface area contributed by atoms with E-state index in [4.69, 9.17) is 23.4 Å². The van der Waals surface area contributed by atoms with E-state index in [0.29, 0.717) is 62.2 Å². The minimum atomic E-state index is -0.791. The van der Waals surface area contributed by atoms with Crippen LogP contribution >= 0.6 is 0 Å². The van der Waals surface area contributed by atoms with Crippen LogP contribution < -0.4 is 9.47 Å². The lowest BCUT2D eigenvalue weighted by molar-refractivity contribution is -0.130. The van der Waals surface area contributed by atoms with E-state index >= 15 is 0 Å². The molecule has 3 aromatic rings. The molecule has 0 spiro atoms. The molecule has 2 saturated heterocycles. The summed E-state index contributed by atoms with van der Waals surface area (Å²) in [6, 6.07) is 15.5. The van der Waals surface area contributed by atoms with Crippen LogP contribution in [-0.4, -0.2) is 79.4 Å². The predicted molar refractivity (Wildman–Crippen MR) is 147 cm³/mol. The molecular formula is C30H33N3O7. The maximum absolute atomic E-state index is 12.8. The van der Waals surface area contributed by atoms with Gasteiger partial charge in [0, 0.05) is 32.3 Å². The molecule has 3 heterocycles. The quantitative estimate of drug-likeness (QED) is 0.332. The SMILES string of the molecule is COc1ccc(CCC2OC(=O)N(CCN3CCOCC3)C2=O)cc1OCc1coc(/C=C/c2ccccc2)n1. The third-order valence-corrected chi connectivity index (χ3v) is 6.83. The van der Waals surface area contributed by atoms with Gasteiger partial charge in [0.15, 0.2) is 17.6 Å². The van der Waals surface area contributed by atoms with E-state index in [1.54, 1.807) is 19.4 Å². The number of aryl methyl sites for hydroxylation is 1. The Hall–Kier alpha value is -4.15. The van der Waals surface area contributed by atoms with E-state index in [1.165, 1.54) is 4.90 Å². The zero-order chi connectivity index (χ0) is 27.7. The maximum Gasteiger partial charge on any atom is 0.417 e. The van der Waals surface area contributed by atoms with Gasteiger partial charge in [0.05, 0.1) is 20.3 Å². The van der Waals surface area contributed by atoms with Crippen molar-refractivity contribution >= 4 is 24.2 Å². The summed E-state index contributed by atoms with van der Waals surface area (Å²) in [6.45, 7) is 4.06. The Morgan fingerprint density at radius 2 is 1.85 bits per heavy atom. The minimum Gasteiger partial charge on any atom is -0.493 e. The number of hydrogen-bond acceptors (Lipinski definition) is 9. The molecule has 1 atom stereocenters. The van der Waals surface area contributed by atoms with E-state index in [-0.39, 0.29) is 12.5 Å². The van der Waals surface area contributed by atoms with Crippen LogP contribution in [0, 0.1) is 0 Å². The second-order valence-electron chi connectivity index (χ2n) is 9.55. The zero-order valence-corrected chi connectivity index (χ0v) is 22.5. The number of benzene rings is 2. The Morgan fingerprint density at radius 3 is 2.65 bits per heavy atom. The Balaban J connectivity index is 1.14. The van der Waals surface area contributed by atoms with Gasteiger partial charge < -0.3 is 23.4 Å². The van der Waals surface area contributed by atoms with E-state index in [0.717, 1.165) is 24.2 Å². The topological polar surface area (TPSA) is 104 Å². The Morgan fingerprint density at radius 1 is 1.02 bits per heavy atom. The lowest BCUT2D eigenvalue weighted by Gasteiger charge is -2.27. The molecule has 10 nitrogen and oxygen atoms in total. The first-order chi connectivity index (χ1) is 19.6. The van der Waals surface area contributed by atoms with Crippen LogP contribution in [0.4, 0.5) is 4.79 Å². The van der Waals surface area contributed by atoms with Gasteiger partial charge in [-0.3, -0.25) is 9.69 Å². The van der Waals surface area contributed by atoms with Crippen molar-refractivity contribution in [1.29, 1.82) is 0 Å². The van der Waals surface area contributed by atoms with Gasteiger partial charge in [0.25, 0.3) is 5.91 Å². The standard InChI is InChI=1S/C30H33N3O7/c1-36-25-10-7-23(8-11-26-29(34)33(30(35)40-26)14-13-32-15-17-37-18-16-32)19-27(25)38-20-24-21-39-28(31-24)12-9-22-5-3-2-4-6-22/h2-7,9-10,12,19,21,26H,8,11,13-18,20H2,1H3/b12-9+. The number of hydrogen-bond donors (Lipinski definition) is 0. The number of aromatic nitrogens is 1. The fourth-order valence-electron chi connectivity index (χ4n) is 4.59. The Bertz CT molecular complexity index is 1320. The number of imide groups is 1. The van der Waals surface area contributed by atoms with E-state index in [2.05, 4.69) is 9.88 Å². The Labute approximate surface area is 233 Å². The molecule has 10 heteroatoms. The monoisotopic (exact) mass is 547 g/mol. The number of oxazole rings is 1. The van der Waals surface area contributed by atoms with Gasteiger partial charge in [-0.15, -0.1) is 0 Å². The largest absolute Gasteiger partial charge is 0.493 e. The van der Waals surface area contributed by atoms with Gasteiger partial charge in [-0.1, -0.05) is 36.4 Å². The number of carbonyl (C=O) groups excluding carboxylic acids is 2. The molecule has 2 aliphatic heterocycles. The second-order valence-corrected chi connectivity index (χ2v) is 9.55. The average Bonchev–Trinajstić information content (AvgIpc) is 3.56. The van der Waals surface area contributed by atoms with Crippen LogP contribution in [0.2, 0.25) is 0 Å². The van der Waals surface area contributed by atoms with Gasteiger partial charge in [-0.05, 0) is 42.2 Å². The first-order valence-corrected chi connectivity index (χ1v) is 13.4. The fourth-order valence-corrected chi connectivity index (χ4v) is 4.59. The van der Waals surface area contributed by atoms with E-state index in [1.807, 2.05) is 54.6 Å². The zero-order valence-electron chi connectivity index (χ0n) is 22.5. The van der Waals surface area contributed by atoms with Crippen LogP contribution in [-0.2, 0) is 27.3 Å². The summed E-state index contributed by atoms with van der Waals surface area (Å²) < 4.78 is 27.7. The molecule has 0 aliphatic carbocycles. The second kappa shape index (κ2) is 13.3. The van der Waals surface area contributed by atoms with E-state index in [9.17, 15) is 9.59 Å². The van der Waals surface area contributed by atoms with E-state index < -0.39 is 12.2 Å². The average molecular weight is 548 g/mol. The summed E-state index contributed by atoms with van der Waals surface area (Å²) in [5.41, 5.74) is 2.62. The van der Waals surface area contributed by atoms with Crippen LogP contribution in [0.1, 0.15) is 29.1 Å². The molecule has 1 unspecified atom stereocenters. The highest BCUT2D eigenvalue weighted by Crippen LogP contribution is 2.30. The van der Waals surface area contributed by atoms with Crippen molar-refractivity contribution in [3.8, 4) is 11.5 Å². The lowest BCUT2D eigenvalue weighted by Crippen LogP contribution is -2.43. The van der Waals surface area contributed by atoms with Crippen molar-refractivity contribution in [2.24, 2.45) is 0 Å². The summed E-state index contributed by atoms with van der Waals surface area (Å²) in [6.07, 6.45) is 4.84. The van der Waals surface area contributed by atoms with Crippen molar-refractivity contribution in [3.63, 3.8) is 0 Å². The molecule has 0 bridgehead atoms. The number of nitrogens with zero attached hydrogens (tertiary/aromatic N) is 3. The van der Waals surface area contributed by atoms with Gasteiger partial charge in [0.2, 0.25) is 5.89 Å². The van der Waals surface area contributed by atoms with Gasteiger partial charge >= 0.3 is 6.09 Å². The van der Waals surface area contributed by atoms with Crippen LogP contribution in [0.15, 0.2) is 59.2 Å². The van der Waals surface area contributed by atoms with Gasteiger partial charge in [-0.25, -0.2) is 14.7 Å². The number of amides is 2. The predicted octanol–water partition coefficient (Wildman–Crippen LogP) is 4.04. The van der Waals surface area contributed by atoms with Crippen molar-refractivity contribution in [2.75, 3.05) is 46.5 Å². The smallest absolute Gasteiger partial charge is 0.417 e. The summed E-state index contributed by atoms with van der Waals surface area (Å²) in [7, 11) is 1.58. The molecule has 0 saturated carbocycles. The molecule has 2 aromatic carbocycles. The summed E-state index contributed by atoms with van der Waals surface area (Å²) in [5.74, 6) is 1.32. The molecule has 5 rings (SSSR count). The summed E-state index contributed by atoms with van der Waals surface area (Å²) in [4.78, 5) is 33.0. The minimum absolute atomic E-state index is 0.194. The van der Waals surface area contributed by atoms with Gasteiger partial charge in [-0.2, -0.15) is 0 Å². The third-order valence-electron chi connectivity index (χ3n) is 6.83. The fraction of sp³-hybridized carbons (Fsp3) is 0.367. The van der Waals surface area contributed by atoms with Crippen molar-refractivity contribution in [1.82, 2.24) is 14.8 Å². The van der Waals surface area contributed by atoms with Crippen molar-refractivity contribution in [3.05, 3.63) is 77.5 Å². The molecule has 1 aromatic heterocycles. The van der Waals surface area contributed by atoms with Crippen LogP contribution in [0.25, 0.3) is 12.2 Å². The molecule has 2 fully saturated rings. The maximum atomic E-state index is 12.8. The highest BCUT2D eigenvalue weighted by molar-refractivity contribution is 6.00. The first kappa shape index (κ1) is 27.4.